The van der Waals surface area contributed by atoms with E-state index in [1.807, 2.05) is 48.5 Å². The fourth-order valence-electron chi connectivity index (χ4n) is 4.44. The molecule has 0 aromatic heterocycles. The predicted octanol–water partition coefficient (Wildman–Crippen LogP) is 5.44. The van der Waals surface area contributed by atoms with E-state index in [1.54, 1.807) is 41.3 Å². The molecule has 0 fully saturated rings. The number of carbonyl (C=O) groups is 2. The maximum absolute atomic E-state index is 13.8. The minimum absolute atomic E-state index is 0.0833. The molecule has 2 amide bonds. The van der Waals surface area contributed by atoms with E-state index in [0.29, 0.717) is 30.1 Å². The van der Waals surface area contributed by atoms with Crippen molar-refractivity contribution in [1.82, 2.24) is 10.2 Å². The minimum Gasteiger partial charge on any atom is -0.354 e. The van der Waals surface area contributed by atoms with Crippen LogP contribution in [0.5, 0.6) is 0 Å². The zero-order chi connectivity index (χ0) is 29.0. The average Bonchev–Trinajstić information content (AvgIpc) is 2.94. The number of carbonyl (C=O) groups excluding carboxylic acids is 2. The topological polar surface area (TPSA) is 86.8 Å². The first kappa shape index (κ1) is 31.2. The maximum atomic E-state index is 13.8. The number of unbranched alkanes of at least 4 members (excludes halogenated alkanes) is 1. The molecule has 40 heavy (non-hydrogen) atoms. The third kappa shape index (κ3) is 9.68. The van der Waals surface area contributed by atoms with Crippen LogP contribution < -0.4 is 9.62 Å². The monoisotopic (exact) mass is 583 g/mol. The van der Waals surface area contributed by atoms with Crippen molar-refractivity contribution in [2.75, 3.05) is 23.7 Å². The lowest BCUT2D eigenvalue weighted by molar-refractivity contribution is -0.141. The highest BCUT2D eigenvalue weighted by Crippen LogP contribution is 2.20. The second kappa shape index (κ2) is 15.4. The molecule has 1 N–H and O–H groups in total. The number of anilines is 1. The number of amides is 2. The van der Waals surface area contributed by atoms with Crippen LogP contribution in [-0.2, 0) is 32.6 Å². The molecule has 3 aromatic carbocycles. The number of halogens is 1. The Hall–Kier alpha value is -3.36. The van der Waals surface area contributed by atoms with E-state index < -0.39 is 16.1 Å². The van der Waals surface area contributed by atoms with Gasteiger partial charge in [0.2, 0.25) is 21.8 Å². The number of nitrogens with zero attached hydrogens (tertiary/aromatic N) is 2. The molecule has 214 valence electrons. The Balaban J connectivity index is 1.85. The van der Waals surface area contributed by atoms with Crippen LogP contribution in [0.25, 0.3) is 0 Å². The van der Waals surface area contributed by atoms with E-state index in [2.05, 4.69) is 12.2 Å². The molecule has 1 atom stereocenters. The van der Waals surface area contributed by atoms with Gasteiger partial charge in [-0.3, -0.25) is 13.9 Å². The average molecular weight is 584 g/mol. The largest absolute Gasteiger partial charge is 0.354 e. The lowest BCUT2D eigenvalue weighted by Gasteiger charge is -2.32. The summed E-state index contributed by atoms with van der Waals surface area (Å²) in [5.74, 6) is -0.426. The lowest BCUT2D eigenvalue weighted by Crippen LogP contribution is -2.50. The van der Waals surface area contributed by atoms with Crippen LogP contribution in [0.2, 0.25) is 5.02 Å². The Morgan fingerprint density at radius 2 is 1.50 bits per heavy atom. The first-order valence-electron chi connectivity index (χ1n) is 13.6. The molecule has 0 radical (unpaired) electrons. The van der Waals surface area contributed by atoms with Gasteiger partial charge in [-0.25, -0.2) is 8.42 Å². The van der Waals surface area contributed by atoms with Crippen molar-refractivity contribution in [2.24, 2.45) is 0 Å². The Kier molecular flexibility index (Phi) is 12.0. The second-order valence-corrected chi connectivity index (χ2v) is 12.1. The van der Waals surface area contributed by atoms with E-state index in [9.17, 15) is 18.0 Å². The summed E-state index contributed by atoms with van der Waals surface area (Å²) >= 11 is 6.09. The summed E-state index contributed by atoms with van der Waals surface area (Å²) in [7, 11) is -3.54. The molecule has 0 aliphatic heterocycles. The third-order valence-electron chi connectivity index (χ3n) is 6.56. The van der Waals surface area contributed by atoms with Gasteiger partial charge in [0.15, 0.2) is 0 Å². The van der Waals surface area contributed by atoms with Crippen LogP contribution in [0, 0.1) is 0 Å². The molecule has 3 aromatic rings. The molecule has 9 heteroatoms. The van der Waals surface area contributed by atoms with Gasteiger partial charge in [-0.1, -0.05) is 85.6 Å². The first-order valence-corrected chi connectivity index (χ1v) is 15.8. The molecular formula is C31H38ClN3O4S. The fraction of sp³-hybridized carbons (Fsp3) is 0.355. The highest BCUT2D eigenvalue weighted by atomic mass is 35.5. The summed E-state index contributed by atoms with van der Waals surface area (Å²) in [6.07, 6.45) is 3.68. The lowest BCUT2D eigenvalue weighted by atomic mass is 10.0. The number of hydrogen-bond donors (Lipinski definition) is 1. The van der Waals surface area contributed by atoms with Crippen molar-refractivity contribution in [3.63, 3.8) is 0 Å². The Labute approximate surface area is 243 Å². The summed E-state index contributed by atoms with van der Waals surface area (Å²) in [5.41, 5.74) is 2.34. The molecule has 0 saturated carbocycles. The molecular weight excluding hydrogens is 546 g/mol. The smallest absolute Gasteiger partial charge is 0.243 e. The van der Waals surface area contributed by atoms with Gasteiger partial charge in [-0.05, 0) is 48.2 Å². The standard InChI is InChI=1S/C31H38ClN3O4S/c1-3-4-21-33-31(37)29(23-25-12-7-5-8-13-25)34(24-26-17-19-27(32)20-18-26)30(36)16-11-22-35(40(2,38)39)28-14-9-6-10-15-28/h5-10,12-15,17-20,29H,3-4,11,16,21-24H2,1-2H3,(H,33,37)/t29-/m1/s1. The highest BCUT2D eigenvalue weighted by molar-refractivity contribution is 7.92. The van der Waals surface area contributed by atoms with Crippen molar-refractivity contribution in [2.45, 2.75) is 51.6 Å². The Morgan fingerprint density at radius 1 is 0.875 bits per heavy atom. The summed E-state index contributed by atoms with van der Waals surface area (Å²) in [4.78, 5) is 28.9. The van der Waals surface area contributed by atoms with E-state index >= 15 is 0 Å². The normalized spacial score (nSPS) is 12.0. The molecule has 0 bridgehead atoms. The fourth-order valence-corrected chi connectivity index (χ4v) is 5.54. The molecule has 0 unspecified atom stereocenters. The molecule has 0 saturated heterocycles. The number of rotatable bonds is 15. The number of sulfonamides is 1. The number of nitrogens with one attached hydrogen (secondary N) is 1. The summed E-state index contributed by atoms with van der Waals surface area (Å²) in [5, 5.41) is 3.59. The van der Waals surface area contributed by atoms with Crippen molar-refractivity contribution >= 4 is 39.1 Å². The molecule has 3 rings (SSSR count). The van der Waals surface area contributed by atoms with Gasteiger partial charge in [0.05, 0.1) is 11.9 Å². The third-order valence-corrected chi connectivity index (χ3v) is 8.01. The summed E-state index contributed by atoms with van der Waals surface area (Å²) in [6, 6.07) is 24.9. The molecule has 0 aliphatic carbocycles. The molecule has 0 heterocycles. The summed E-state index contributed by atoms with van der Waals surface area (Å²) in [6.45, 7) is 2.96. The first-order chi connectivity index (χ1) is 19.2. The Bertz CT molecular complexity index is 1320. The van der Waals surface area contributed by atoms with Gasteiger partial charge >= 0.3 is 0 Å². The van der Waals surface area contributed by atoms with E-state index in [0.717, 1.165) is 30.2 Å². The SMILES string of the molecule is CCCCNC(=O)[C@@H](Cc1ccccc1)N(Cc1ccc(Cl)cc1)C(=O)CCCN(c1ccccc1)S(C)(=O)=O. The zero-order valence-corrected chi connectivity index (χ0v) is 24.7. The van der Waals surface area contributed by atoms with Gasteiger partial charge < -0.3 is 10.2 Å². The summed E-state index contributed by atoms with van der Waals surface area (Å²) < 4.78 is 26.3. The van der Waals surface area contributed by atoms with Gasteiger partial charge in [0.1, 0.15) is 6.04 Å². The molecule has 7 nitrogen and oxygen atoms in total. The number of hydrogen-bond acceptors (Lipinski definition) is 4. The van der Waals surface area contributed by atoms with Crippen LogP contribution in [-0.4, -0.2) is 50.5 Å². The van der Waals surface area contributed by atoms with Crippen LogP contribution in [0.3, 0.4) is 0 Å². The number of benzene rings is 3. The van der Waals surface area contributed by atoms with Gasteiger partial charge in [-0.15, -0.1) is 0 Å². The maximum Gasteiger partial charge on any atom is 0.243 e. The molecule has 0 aliphatic rings. The van der Waals surface area contributed by atoms with Gasteiger partial charge in [0.25, 0.3) is 0 Å². The van der Waals surface area contributed by atoms with Gasteiger partial charge in [-0.2, -0.15) is 0 Å². The zero-order valence-electron chi connectivity index (χ0n) is 23.1. The van der Waals surface area contributed by atoms with Gasteiger partial charge in [0, 0.05) is 37.5 Å². The van der Waals surface area contributed by atoms with E-state index in [4.69, 9.17) is 11.6 Å². The van der Waals surface area contributed by atoms with Crippen LogP contribution in [0.4, 0.5) is 5.69 Å². The van der Waals surface area contributed by atoms with E-state index in [-0.39, 0.29) is 31.3 Å². The highest BCUT2D eigenvalue weighted by Gasteiger charge is 2.30. The van der Waals surface area contributed by atoms with E-state index in [1.165, 1.54) is 4.31 Å². The quantitative estimate of drug-likeness (QED) is 0.241. The Morgan fingerprint density at radius 3 is 2.10 bits per heavy atom. The van der Waals surface area contributed by atoms with Crippen molar-refractivity contribution in [1.29, 1.82) is 0 Å². The van der Waals surface area contributed by atoms with Crippen LogP contribution >= 0.6 is 11.6 Å². The van der Waals surface area contributed by atoms with Crippen LogP contribution in [0.15, 0.2) is 84.9 Å². The second-order valence-electron chi connectivity index (χ2n) is 9.77. The minimum atomic E-state index is -3.54. The van der Waals surface area contributed by atoms with Crippen LogP contribution in [0.1, 0.15) is 43.7 Å². The molecule has 0 spiro atoms. The van der Waals surface area contributed by atoms with Crippen molar-refractivity contribution < 1.29 is 18.0 Å². The van der Waals surface area contributed by atoms with Crippen molar-refractivity contribution in [3.05, 3.63) is 101 Å². The van der Waals surface area contributed by atoms with Crippen molar-refractivity contribution in [3.8, 4) is 0 Å². The predicted molar refractivity (Wildman–Crippen MR) is 162 cm³/mol. The number of para-hydroxylation sites is 1.